The molecule has 0 aliphatic carbocycles. The van der Waals surface area contributed by atoms with Crippen LogP contribution in [0, 0.1) is 0 Å². The molecule has 208 valence electrons. The van der Waals surface area contributed by atoms with E-state index in [-0.39, 0.29) is 13.2 Å². The Morgan fingerprint density at radius 2 is 1.56 bits per heavy atom. The number of carbonyl (C=O) groups is 3. The molecule has 2 aromatic carbocycles. The fourth-order valence-corrected chi connectivity index (χ4v) is 3.60. The van der Waals surface area contributed by atoms with Gasteiger partial charge in [0.2, 0.25) is 5.91 Å². The fourth-order valence-electron chi connectivity index (χ4n) is 3.60. The molecule has 0 saturated carbocycles. The SMILES string of the molecule is Cn1cc(NC(=O)C(COCc2ccccc2)NC(=O)C(C)(C)NC(=O)OC(C)(C)C)nc1-c1ccccc1. The summed E-state index contributed by atoms with van der Waals surface area (Å²) in [6.07, 6.45) is 0.948. The lowest BCUT2D eigenvalue weighted by Gasteiger charge is -2.29. The highest BCUT2D eigenvalue weighted by atomic mass is 16.6. The van der Waals surface area contributed by atoms with Crippen molar-refractivity contribution in [3.05, 3.63) is 72.4 Å². The van der Waals surface area contributed by atoms with Crippen LogP contribution in [0.2, 0.25) is 0 Å². The van der Waals surface area contributed by atoms with Crippen molar-refractivity contribution in [3.63, 3.8) is 0 Å². The summed E-state index contributed by atoms with van der Waals surface area (Å²) < 4.78 is 12.9. The number of aryl methyl sites for hydroxylation is 1. The summed E-state index contributed by atoms with van der Waals surface area (Å²) in [6, 6.07) is 18.0. The van der Waals surface area contributed by atoms with Crippen LogP contribution >= 0.6 is 0 Å². The highest BCUT2D eigenvalue weighted by molar-refractivity contribution is 5.98. The quantitative estimate of drug-likeness (QED) is 0.360. The van der Waals surface area contributed by atoms with Gasteiger partial charge in [-0.3, -0.25) is 9.59 Å². The molecule has 0 saturated heterocycles. The van der Waals surface area contributed by atoms with E-state index < -0.39 is 35.1 Å². The Balaban J connectivity index is 1.73. The van der Waals surface area contributed by atoms with Gasteiger partial charge in [-0.25, -0.2) is 9.78 Å². The van der Waals surface area contributed by atoms with Crippen LogP contribution in [-0.2, 0) is 32.7 Å². The van der Waals surface area contributed by atoms with Crippen LogP contribution in [0.1, 0.15) is 40.2 Å². The minimum absolute atomic E-state index is 0.104. The molecular weight excluding hydrogens is 498 g/mol. The highest BCUT2D eigenvalue weighted by Crippen LogP contribution is 2.20. The molecule has 1 aromatic heterocycles. The second kappa shape index (κ2) is 12.6. The summed E-state index contributed by atoms with van der Waals surface area (Å²) in [7, 11) is 1.83. The molecule has 1 unspecified atom stereocenters. The summed E-state index contributed by atoms with van der Waals surface area (Å²) in [5.74, 6) is -0.0886. The first-order chi connectivity index (χ1) is 18.3. The molecule has 0 bridgehead atoms. The molecule has 1 heterocycles. The van der Waals surface area contributed by atoms with Crippen molar-refractivity contribution in [2.24, 2.45) is 7.05 Å². The van der Waals surface area contributed by atoms with Gasteiger partial charge in [0.1, 0.15) is 23.0 Å². The standard InChI is InChI=1S/C29H37N5O5/c1-28(2,3)39-27(37)33-29(4,5)26(36)30-22(19-38-18-20-13-9-7-10-14-20)25(35)32-23-17-34(6)24(31-23)21-15-11-8-12-16-21/h7-17,22H,18-19H2,1-6H3,(H,30,36)(H,32,35)(H,33,37). The lowest BCUT2D eigenvalue weighted by atomic mass is 10.0. The molecule has 3 rings (SSSR count). The van der Waals surface area contributed by atoms with Crippen molar-refractivity contribution in [1.29, 1.82) is 0 Å². The molecule has 10 heteroatoms. The van der Waals surface area contributed by atoms with Crippen LogP contribution in [0.25, 0.3) is 11.4 Å². The largest absolute Gasteiger partial charge is 0.444 e. The summed E-state index contributed by atoms with van der Waals surface area (Å²) in [6.45, 7) is 8.38. The molecule has 0 radical (unpaired) electrons. The summed E-state index contributed by atoms with van der Waals surface area (Å²) in [5.41, 5.74) is -0.282. The number of nitrogens with one attached hydrogen (secondary N) is 3. The normalized spacial score (nSPS) is 12.4. The molecule has 3 N–H and O–H groups in total. The van der Waals surface area contributed by atoms with Gasteiger partial charge in [-0.2, -0.15) is 0 Å². The van der Waals surface area contributed by atoms with Crippen LogP contribution in [0.3, 0.4) is 0 Å². The molecule has 0 spiro atoms. The molecule has 39 heavy (non-hydrogen) atoms. The van der Waals surface area contributed by atoms with Crippen LogP contribution in [-0.4, -0.2) is 51.2 Å². The minimum Gasteiger partial charge on any atom is -0.444 e. The number of ether oxygens (including phenoxy) is 2. The predicted octanol–water partition coefficient (Wildman–Crippen LogP) is 4.03. The van der Waals surface area contributed by atoms with E-state index in [0.717, 1.165) is 11.1 Å². The van der Waals surface area contributed by atoms with Gasteiger partial charge in [-0.1, -0.05) is 60.7 Å². The molecule has 0 aliphatic rings. The Hall–Kier alpha value is -4.18. The van der Waals surface area contributed by atoms with Crippen molar-refractivity contribution in [1.82, 2.24) is 20.2 Å². The highest BCUT2D eigenvalue weighted by Gasteiger charge is 2.34. The number of imidazole rings is 1. The van der Waals surface area contributed by atoms with Gasteiger partial charge in [0.15, 0.2) is 5.82 Å². The van der Waals surface area contributed by atoms with Gasteiger partial charge in [-0.15, -0.1) is 0 Å². The average molecular weight is 536 g/mol. The van der Waals surface area contributed by atoms with Crippen LogP contribution in [0.15, 0.2) is 66.9 Å². The summed E-state index contributed by atoms with van der Waals surface area (Å²) >= 11 is 0. The van der Waals surface area contributed by atoms with Crippen molar-refractivity contribution in [2.45, 2.75) is 58.4 Å². The van der Waals surface area contributed by atoms with Gasteiger partial charge in [0, 0.05) is 18.8 Å². The first-order valence-corrected chi connectivity index (χ1v) is 12.7. The second-order valence-corrected chi connectivity index (χ2v) is 10.7. The molecule has 1 atom stereocenters. The number of hydrogen-bond acceptors (Lipinski definition) is 6. The Labute approximate surface area is 229 Å². The van der Waals surface area contributed by atoms with E-state index in [2.05, 4.69) is 20.9 Å². The van der Waals surface area contributed by atoms with Crippen molar-refractivity contribution in [2.75, 3.05) is 11.9 Å². The summed E-state index contributed by atoms with van der Waals surface area (Å²) in [4.78, 5) is 43.3. The van der Waals surface area contributed by atoms with E-state index in [9.17, 15) is 14.4 Å². The van der Waals surface area contributed by atoms with Crippen LogP contribution < -0.4 is 16.0 Å². The zero-order chi connectivity index (χ0) is 28.6. The van der Waals surface area contributed by atoms with E-state index in [1.165, 1.54) is 13.8 Å². The number of nitrogens with zero attached hydrogens (tertiary/aromatic N) is 2. The predicted molar refractivity (Wildman–Crippen MR) is 149 cm³/mol. The number of hydrogen-bond donors (Lipinski definition) is 3. The molecule has 3 aromatic rings. The molecule has 0 fully saturated rings. The van der Waals surface area contributed by atoms with E-state index in [0.29, 0.717) is 11.6 Å². The van der Waals surface area contributed by atoms with E-state index in [4.69, 9.17) is 9.47 Å². The Kier molecular flexibility index (Phi) is 9.47. The first-order valence-electron chi connectivity index (χ1n) is 12.7. The van der Waals surface area contributed by atoms with Crippen molar-refractivity contribution in [3.8, 4) is 11.4 Å². The number of amides is 3. The molecule has 0 aliphatic heterocycles. The third-order valence-corrected chi connectivity index (χ3v) is 5.56. The number of anilines is 1. The topological polar surface area (TPSA) is 124 Å². The second-order valence-electron chi connectivity index (χ2n) is 10.7. The zero-order valence-electron chi connectivity index (χ0n) is 23.3. The van der Waals surface area contributed by atoms with Crippen molar-refractivity contribution < 1.29 is 23.9 Å². The number of rotatable bonds is 10. The third kappa shape index (κ3) is 8.96. The smallest absolute Gasteiger partial charge is 0.408 e. The maximum Gasteiger partial charge on any atom is 0.408 e. The molecular formula is C29H37N5O5. The average Bonchev–Trinajstić information content (AvgIpc) is 3.22. The Morgan fingerprint density at radius 3 is 2.18 bits per heavy atom. The van der Waals surface area contributed by atoms with Crippen molar-refractivity contribution >= 4 is 23.7 Å². The molecule has 3 amide bonds. The number of alkyl carbamates (subject to hydrolysis) is 1. The lowest BCUT2D eigenvalue weighted by molar-refractivity contribution is -0.131. The van der Waals surface area contributed by atoms with E-state index >= 15 is 0 Å². The maximum atomic E-state index is 13.3. The number of benzene rings is 2. The van der Waals surface area contributed by atoms with Gasteiger partial charge in [0.25, 0.3) is 5.91 Å². The van der Waals surface area contributed by atoms with E-state index in [1.807, 2.05) is 67.7 Å². The van der Waals surface area contributed by atoms with Gasteiger partial charge in [-0.05, 0) is 40.2 Å². The summed E-state index contributed by atoms with van der Waals surface area (Å²) in [5, 5.41) is 8.03. The molecule has 10 nitrogen and oxygen atoms in total. The fraction of sp³-hybridized carbons (Fsp3) is 0.379. The lowest BCUT2D eigenvalue weighted by Crippen LogP contribution is -2.59. The number of aromatic nitrogens is 2. The Morgan fingerprint density at radius 1 is 0.949 bits per heavy atom. The van der Waals surface area contributed by atoms with Gasteiger partial charge >= 0.3 is 6.09 Å². The third-order valence-electron chi connectivity index (χ3n) is 5.56. The van der Waals surface area contributed by atoms with E-state index in [1.54, 1.807) is 31.5 Å². The van der Waals surface area contributed by atoms with Gasteiger partial charge in [0.05, 0.1) is 13.2 Å². The zero-order valence-corrected chi connectivity index (χ0v) is 23.3. The maximum absolute atomic E-state index is 13.3. The Bertz CT molecular complexity index is 1270. The minimum atomic E-state index is -1.37. The number of carbonyl (C=O) groups excluding carboxylic acids is 3. The van der Waals surface area contributed by atoms with Crippen LogP contribution in [0.4, 0.5) is 10.6 Å². The van der Waals surface area contributed by atoms with Gasteiger partial charge < -0.3 is 30.0 Å². The monoisotopic (exact) mass is 535 g/mol. The van der Waals surface area contributed by atoms with Crippen LogP contribution in [0.5, 0.6) is 0 Å². The first kappa shape index (κ1) is 29.4.